The molecule has 2 aromatic heterocycles. The van der Waals surface area contributed by atoms with Gasteiger partial charge in [-0.05, 0) is 24.4 Å². The molecule has 4 aromatic rings. The van der Waals surface area contributed by atoms with Gasteiger partial charge in [-0.15, -0.1) is 5.10 Å². The number of benzene rings is 2. The Morgan fingerprint density at radius 1 is 1.00 bits per heavy atom. The number of rotatable bonds is 3. The van der Waals surface area contributed by atoms with Crippen LogP contribution < -0.4 is 0 Å². The predicted molar refractivity (Wildman–Crippen MR) is 84.8 cm³/mol. The fourth-order valence-electron chi connectivity index (χ4n) is 2.82. The topological polar surface area (TPSA) is 46.8 Å². The molecule has 5 heteroatoms. The Morgan fingerprint density at radius 2 is 1.62 bits per heavy atom. The molecule has 4 rings (SSSR count). The molecule has 1 N–H and O–H groups in total. The molecule has 104 valence electrons. The van der Waals surface area contributed by atoms with Crippen LogP contribution in [-0.2, 0) is 13.0 Å². The average Bonchev–Trinajstić information content (AvgIpc) is 3.07. The standard InChI is InChI=1S/C16H13N3OS/c21-16-18-17-15(20-16)9-10-19-13-7-3-1-5-11(13)12-6-2-4-8-14(12)19/h1-8H,9-10H2,(H,18,21). The molecule has 0 aliphatic heterocycles. The Labute approximate surface area is 126 Å². The molecule has 2 heterocycles. The smallest absolute Gasteiger partial charge is 0.284 e. The molecule has 0 saturated heterocycles. The number of fused-ring (bicyclic) bond motifs is 3. The van der Waals surface area contributed by atoms with Gasteiger partial charge < -0.3 is 8.98 Å². The fraction of sp³-hybridized carbons (Fsp3) is 0.125. The second-order valence-corrected chi connectivity index (χ2v) is 5.31. The monoisotopic (exact) mass is 295 g/mol. The minimum absolute atomic E-state index is 0.326. The SMILES string of the molecule is S=c1[nH]nc(CCn2c3ccccc3c3ccccc32)o1. The van der Waals surface area contributed by atoms with Crippen LogP contribution in [0.2, 0.25) is 0 Å². The summed E-state index contributed by atoms with van der Waals surface area (Å²) in [5, 5.41) is 9.28. The Kier molecular flexibility index (Phi) is 2.86. The van der Waals surface area contributed by atoms with Gasteiger partial charge in [0.25, 0.3) is 4.84 Å². The number of nitrogens with zero attached hydrogens (tertiary/aromatic N) is 2. The van der Waals surface area contributed by atoms with Gasteiger partial charge in [-0.3, -0.25) is 0 Å². The first-order chi connectivity index (χ1) is 10.3. The van der Waals surface area contributed by atoms with E-state index in [2.05, 4.69) is 63.3 Å². The van der Waals surface area contributed by atoms with Gasteiger partial charge in [-0.2, -0.15) is 0 Å². The van der Waals surface area contributed by atoms with Gasteiger partial charge in [0.2, 0.25) is 5.89 Å². The number of aryl methyl sites for hydroxylation is 2. The maximum Gasteiger partial charge on any atom is 0.284 e. The highest BCUT2D eigenvalue weighted by Crippen LogP contribution is 2.28. The molecule has 4 nitrogen and oxygen atoms in total. The molecule has 0 aliphatic carbocycles. The second-order valence-electron chi connectivity index (χ2n) is 4.94. The maximum absolute atomic E-state index is 5.34. The zero-order chi connectivity index (χ0) is 14.2. The van der Waals surface area contributed by atoms with E-state index in [9.17, 15) is 0 Å². The lowest BCUT2D eigenvalue weighted by Gasteiger charge is -2.05. The van der Waals surface area contributed by atoms with E-state index in [1.807, 2.05) is 0 Å². The van der Waals surface area contributed by atoms with Crippen LogP contribution in [0, 0.1) is 4.84 Å². The van der Waals surface area contributed by atoms with Crippen molar-refractivity contribution in [2.24, 2.45) is 0 Å². The molecule has 0 radical (unpaired) electrons. The van der Waals surface area contributed by atoms with Crippen molar-refractivity contribution in [1.82, 2.24) is 14.8 Å². The number of H-pyrrole nitrogens is 1. The lowest BCUT2D eigenvalue weighted by Crippen LogP contribution is -2.01. The Bertz CT molecular complexity index is 926. The molecule has 0 fully saturated rings. The van der Waals surface area contributed by atoms with Crippen molar-refractivity contribution >= 4 is 34.0 Å². The highest BCUT2D eigenvalue weighted by molar-refractivity contribution is 7.71. The quantitative estimate of drug-likeness (QED) is 0.579. The van der Waals surface area contributed by atoms with Gasteiger partial charge in [-0.25, -0.2) is 5.10 Å². The van der Waals surface area contributed by atoms with Crippen molar-refractivity contribution in [3.8, 4) is 0 Å². The molecule has 0 atom stereocenters. The van der Waals surface area contributed by atoms with Crippen LogP contribution in [0.4, 0.5) is 0 Å². The van der Waals surface area contributed by atoms with Crippen LogP contribution in [0.15, 0.2) is 52.9 Å². The number of hydrogen-bond acceptors (Lipinski definition) is 3. The third-order valence-corrected chi connectivity index (χ3v) is 3.89. The molecular formula is C16H13N3OS. The van der Waals surface area contributed by atoms with Crippen molar-refractivity contribution < 1.29 is 4.42 Å². The molecule has 0 spiro atoms. The normalized spacial score (nSPS) is 11.4. The fourth-order valence-corrected chi connectivity index (χ4v) is 2.96. The molecule has 21 heavy (non-hydrogen) atoms. The summed E-state index contributed by atoms with van der Waals surface area (Å²) in [5.41, 5.74) is 2.46. The van der Waals surface area contributed by atoms with Crippen LogP contribution in [0.1, 0.15) is 5.89 Å². The van der Waals surface area contributed by atoms with E-state index in [0.29, 0.717) is 17.1 Å². The summed E-state index contributed by atoms with van der Waals surface area (Å²) in [6.07, 6.45) is 0.704. The zero-order valence-corrected chi connectivity index (χ0v) is 12.1. The number of hydrogen-bond donors (Lipinski definition) is 1. The van der Waals surface area contributed by atoms with Crippen LogP contribution in [0.3, 0.4) is 0 Å². The highest BCUT2D eigenvalue weighted by atomic mass is 32.1. The number of para-hydroxylation sites is 2. The van der Waals surface area contributed by atoms with Crippen molar-refractivity contribution in [1.29, 1.82) is 0 Å². The van der Waals surface area contributed by atoms with Gasteiger partial charge >= 0.3 is 0 Å². The largest absolute Gasteiger partial charge is 0.414 e. The van der Waals surface area contributed by atoms with Crippen LogP contribution in [-0.4, -0.2) is 14.8 Å². The van der Waals surface area contributed by atoms with E-state index >= 15 is 0 Å². The first-order valence-electron chi connectivity index (χ1n) is 6.83. The first-order valence-corrected chi connectivity index (χ1v) is 7.24. The summed E-state index contributed by atoms with van der Waals surface area (Å²) < 4.78 is 7.64. The van der Waals surface area contributed by atoms with Gasteiger partial charge in [-0.1, -0.05) is 36.4 Å². The minimum atomic E-state index is 0.326. The van der Waals surface area contributed by atoms with Crippen LogP contribution >= 0.6 is 12.2 Å². The van der Waals surface area contributed by atoms with E-state index in [0.717, 1.165) is 6.54 Å². The van der Waals surface area contributed by atoms with E-state index in [1.54, 1.807) is 0 Å². The lowest BCUT2D eigenvalue weighted by molar-refractivity contribution is 0.468. The number of aromatic nitrogens is 3. The van der Waals surface area contributed by atoms with Crippen molar-refractivity contribution in [2.75, 3.05) is 0 Å². The summed E-state index contributed by atoms with van der Waals surface area (Å²) in [6, 6.07) is 16.9. The molecule has 2 aromatic carbocycles. The third-order valence-electron chi connectivity index (χ3n) is 3.71. The Morgan fingerprint density at radius 3 is 2.19 bits per heavy atom. The van der Waals surface area contributed by atoms with Gasteiger partial charge in [0.1, 0.15) is 0 Å². The molecule has 0 amide bonds. The number of nitrogens with one attached hydrogen (secondary N) is 1. The van der Waals surface area contributed by atoms with Crippen molar-refractivity contribution in [3.05, 3.63) is 59.3 Å². The van der Waals surface area contributed by atoms with Crippen molar-refractivity contribution in [2.45, 2.75) is 13.0 Å². The summed E-state index contributed by atoms with van der Waals surface area (Å²) in [6.45, 7) is 0.803. The van der Waals surface area contributed by atoms with Crippen LogP contribution in [0.25, 0.3) is 21.8 Å². The summed E-state index contributed by atoms with van der Waals surface area (Å²) in [7, 11) is 0. The predicted octanol–water partition coefficient (Wildman–Crippen LogP) is 4.08. The molecular weight excluding hydrogens is 282 g/mol. The molecule has 0 bridgehead atoms. The third kappa shape index (κ3) is 2.06. The maximum atomic E-state index is 5.34. The molecule has 0 unspecified atom stereocenters. The summed E-state index contributed by atoms with van der Waals surface area (Å²) >= 11 is 4.91. The van der Waals surface area contributed by atoms with Gasteiger partial charge in [0.15, 0.2) is 0 Å². The van der Waals surface area contributed by atoms with E-state index in [1.165, 1.54) is 21.8 Å². The van der Waals surface area contributed by atoms with Gasteiger partial charge in [0.05, 0.1) is 0 Å². The second kappa shape index (κ2) is 4.86. The van der Waals surface area contributed by atoms with E-state index in [-0.39, 0.29) is 0 Å². The zero-order valence-electron chi connectivity index (χ0n) is 11.2. The first kappa shape index (κ1) is 12.3. The summed E-state index contributed by atoms with van der Waals surface area (Å²) in [4.78, 5) is 0.326. The highest BCUT2D eigenvalue weighted by Gasteiger charge is 2.10. The Hall–Kier alpha value is -2.40. The minimum Gasteiger partial charge on any atom is -0.414 e. The van der Waals surface area contributed by atoms with E-state index < -0.39 is 0 Å². The Balaban J connectivity index is 1.83. The van der Waals surface area contributed by atoms with Crippen LogP contribution in [0.5, 0.6) is 0 Å². The lowest BCUT2D eigenvalue weighted by atomic mass is 10.2. The van der Waals surface area contributed by atoms with E-state index in [4.69, 9.17) is 16.6 Å². The van der Waals surface area contributed by atoms with Gasteiger partial charge in [0, 0.05) is 34.8 Å². The van der Waals surface area contributed by atoms with Crippen molar-refractivity contribution in [3.63, 3.8) is 0 Å². The molecule has 0 saturated carbocycles. The average molecular weight is 295 g/mol. The number of aromatic amines is 1. The molecule has 0 aliphatic rings. The summed E-state index contributed by atoms with van der Waals surface area (Å²) in [5.74, 6) is 0.641.